The fourth-order valence-corrected chi connectivity index (χ4v) is 1.88. The van der Waals surface area contributed by atoms with E-state index in [1.165, 1.54) is 24.8 Å². The molecule has 1 saturated carbocycles. The molecule has 1 aromatic rings. The topological polar surface area (TPSA) is 23.8 Å². The molecule has 1 aliphatic carbocycles. The molecular weight excluding hydrogens is 182 g/mol. The summed E-state index contributed by atoms with van der Waals surface area (Å²) in [6, 6.07) is 8.59. The molecule has 1 aliphatic rings. The van der Waals surface area contributed by atoms with Crippen molar-refractivity contribution in [1.82, 2.24) is 0 Å². The van der Waals surface area contributed by atoms with Crippen LogP contribution >= 0.6 is 0 Å². The molecule has 1 nitrogen and oxygen atoms in total. The van der Waals surface area contributed by atoms with E-state index in [4.69, 9.17) is 5.26 Å². The second-order valence-electron chi connectivity index (χ2n) is 4.27. The molecule has 0 aliphatic heterocycles. The highest BCUT2D eigenvalue weighted by atomic mass is 14.3. The fraction of sp³-hybridized carbons (Fsp3) is 0.357. The molecule has 0 atom stereocenters. The lowest BCUT2D eigenvalue weighted by molar-refractivity contribution is 0.830. The van der Waals surface area contributed by atoms with Crippen molar-refractivity contribution in [2.75, 3.05) is 0 Å². The molecule has 1 aromatic carbocycles. The van der Waals surface area contributed by atoms with Crippen LogP contribution in [0.25, 0.3) is 6.08 Å². The van der Waals surface area contributed by atoms with Gasteiger partial charge in [-0.15, -0.1) is 0 Å². The van der Waals surface area contributed by atoms with Crippen LogP contribution in [0.2, 0.25) is 0 Å². The van der Waals surface area contributed by atoms with E-state index >= 15 is 0 Å². The van der Waals surface area contributed by atoms with Gasteiger partial charge in [0.25, 0.3) is 0 Å². The van der Waals surface area contributed by atoms with Crippen LogP contribution in [-0.4, -0.2) is 0 Å². The van der Waals surface area contributed by atoms with E-state index in [-0.39, 0.29) is 0 Å². The van der Waals surface area contributed by atoms with Crippen molar-refractivity contribution in [3.05, 3.63) is 41.5 Å². The number of hydrogen-bond donors (Lipinski definition) is 0. The molecule has 0 spiro atoms. The summed E-state index contributed by atoms with van der Waals surface area (Å²) in [7, 11) is 0. The second-order valence-corrected chi connectivity index (χ2v) is 4.27. The zero-order valence-corrected chi connectivity index (χ0v) is 8.87. The highest BCUT2D eigenvalue weighted by molar-refractivity contribution is 5.50. The van der Waals surface area contributed by atoms with Crippen molar-refractivity contribution in [2.24, 2.45) is 5.92 Å². The third-order valence-corrected chi connectivity index (χ3v) is 2.82. The molecule has 0 amide bonds. The Balaban J connectivity index is 2.23. The Bertz CT molecular complexity index is 408. The van der Waals surface area contributed by atoms with E-state index in [9.17, 15) is 0 Å². The molecule has 1 heteroatoms. The van der Waals surface area contributed by atoms with Crippen LogP contribution in [0.5, 0.6) is 0 Å². The molecule has 0 radical (unpaired) electrons. The van der Waals surface area contributed by atoms with Gasteiger partial charge in [0.2, 0.25) is 0 Å². The maximum Gasteiger partial charge on any atom is 0.0669 e. The Morgan fingerprint density at radius 2 is 2.07 bits per heavy atom. The number of rotatable bonds is 4. The van der Waals surface area contributed by atoms with Crippen molar-refractivity contribution >= 4 is 6.08 Å². The van der Waals surface area contributed by atoms with Crippen molar-refractivity contribution in [3.63, 3.8) is 0 Å². The van der Waals surface area contributed by atoms with Crippen molar-refractivity contribution in [2.45, 2.75) is 25.7 Å². The Morgan fingerprint density at radius 1 is 1.33 bits per heavy atom. The van der Waals surface area contributed by atoms with Gasteiger partial charge < -0.3 is 0 Å². The second kappa shape index (κ2) is 4.31. The number of nitriles is 1. The van der Waals surface area contributed by atoms with Gasteiger partial charge in [-0.25, -0.2) is 0 Å². The molecule has 15 heavy (non-hydrogen) atoms. The van der Waals surface area contributed by atoms with Crippen LogP contribution in [0.4, 0.5) is 0 Å². The lowest BCUT2D eigenvalue weighted by Crippen LogP contribution is -1.92. The standard InChI is InChI=1S/C14H15N/c1-2-11-7-13(5-6-15)10-14(8-11)9-12-3-4-12/h2,7-8,10,12H,1,3-5,9H2. The molecule has 0 saturated heterocycles. The van der Waals surface area contributed by atoms with Crippen molar-refractivity contribution in [3.8, 4) is 6.07 Å². The third-order valence-electron chi connectivity index (χ3n) is 2.82. The average molecular weight is 197 g/mol. The van der Waals surface area contributed by atoms with Gasteiger partial charge in [0.15, 0.2) is 0 Å². The Hall–Kier alpha value is -1.55. The normalized spacial score (nSPS) is 14.6. The van der Waals surface area contributed by atoms with Gasteiger partial charge in [-0.3, -0.25) is 0 Å². The minimum Gasteiger partial charge on any atom is -0.198 e. The summed E-state index contributed by atoms with van der Waals surface area (Å²) in [5.41, 5.74) is 3.61. The summed E-state index contributed by atoms with van der Waals surface area (Å²) in [5, 5.41) is 8.69. The SMILES string of the molecule is C=Cc1cc(CC#N)cc(CC2CC2)c1. The maximum absolute atomic E-state index is 8.69. The minimum absolute atomic E-state index is 0.499. The van der Waals surface area contributed by atoms with Crippen LogP contribution in [-0.2, 0) is 12.8 Å². The molecule has 0 heterocycles. The summed E-state index contributed by atoms with van der Waals surface area (Å²) >= 11 is 0. The largest absolute Gasteiger partial charge is 0.198 e. The molecule has 76 valence electrons. The summed E-state index contributed by atoms with van der Waals surface area (Å²) in [5.74, 6) is 0.889. The predicted octanol–water partition coefficient (Wildman–Crippen LogP) is 3.35. The molecule has 1 fully saturated rings. The molecule has 0 aromatic heterocycles. The van der Waals surface area contributed by atoms with Crippen LogP contribution in [0.15, 0.2) is 24.8 Å². The van der Waals surface area contributed by atoms with Gasteiger partial charge >= 0.3 is 0 Å². The van der Waals surface area contributed by atoms with E-state index in [0.717, 1.165) is 17.0 Å². The van der Waals surface area contributed by atoms with Crippen LogP contribution in [0, 0.1) is 17.2 Å². The highest BCUT2D eigenvalue weighted by Gasteiger charge is 2.21. The van der Waals surface area contributed by atoms with Crippen LogP contribution in [0.3, 0.4) is 0 Å². The minimum atomic E-state index is 0.499. The zero-order chi connectivity index (χ0) is 10.7. The van der Waals surface area contributed by atoms with Crippen LogP contribution < -0.4 is 0 Å². The molecule has 0 bridgehead atoms. The van der Waals surface area contributed by atoms with Crippen molar-refractivity contribution < 1.29 is 0 Å². The maximum atomic E-state index is 8.69. The summed E-state index contributed by atoms with van der Waals surface area (Å²) in [4.78, 5) is 0. The average Bonchev–Trinajstić information content (AvgIpc) is 3.02. The molecule has 2 rings (SSSR count). The van der Waals surface area contributed by atoms with Gasteiger partial charge in [-0.1, -0.05) is 30.9 Å². The van der Waals surface area contributed by atoms with Gasteiger partial charge in [-0.2, -0.15) is 5.26 Å². The van der Waals surface area contributed by atoms with E-state index < -0.39 is 0 Å². The lowest BCUT2D eigenvalue weighted by atomic mass is 10.0. The fourth-order valence-electron chi connectivity index (χ4n) is 1.88. The third kappa shape index (κ3) is 2.70. The van der Waals surface area contributed by atoms with Gasteiger partial charge in [0.1, 0.15) is 0 Å². The first kappa shape index (κ1) is 9.98. The zero-order valence-electron chi connectivity index (χ0n) is 8.87. The quantitative estimate of drug-likeness (QED) is 0.726. The predicted molar refractivity (Wildman–Crippen MR) is 62.3 cm³/mol. The first-order valence-corrected chi connectivity index (χ1v) is 5.44. The lowest BCUT2D eigenvalue weighted by Gasteiger charge is -2.04. The molecular formula is C14H15N. The van der Waals surface area contributed by atoms with E-state index in [1.807, 2.05) is 12.1 Å². The van der Waals surface area contributed by atoms with Crippen LogP contribution in [0.1, 0.15) is 29.5 Å². The summed E-state index contributed by atoms with van der Waals surface area (Å²) in [6.45, 7) is 3.79. The van der Waals surface area contributed by atoms with E-state index in [1.54, 1.807) is 0 Å². The Labute approximate surface area is 91.0 Å². The summed E-state index contributed by atoms with van der Waals surface area (Å²) in [6.07, 6.45) is 6.26. The summed E-state index contributed by atoms with van der Waals surface area (Å²) < 4.78 is 0. The van der Waals surface area contributed by atoms with E-state index in [2.05, 4.69) is 24.8 Å². The number of hydrogen-bond acceptors (Lipinski definition) is 1. The number of nitrogens with zero attached hydrogens (tertiary/aromatic N) is 1. The Kier molecular flexibility index (Phi) is 2.87. The van der Waals surface area contributed by atoms with Gasteiger partial charge in [0.05, 0.1) is 12.5 Å². The van der Waals surface area contributed by atoms with E-state index in [0.29, 0.717) is 6.42 Å². The first-order chi connectivity index (χ1) is 7.31. The Morgan fingerprint density at radius 3 is 2.67 bits per heavy atom. The molecule has 0 N–H and O–H groups in total. The smallest absolute Gasteiger partial charge is 0.0669 e. The van der Waals surface area contributed by atoms with Crippen molar-refractivity contribution in [1.29, 1.82) is 5.26 Å². The monoisotopic (exact) mass is 197 g/mol. The first-order valence-electron chi connectivity index (χ1n) is 5.44. The number of benzene rings is 1. The van der Waals surface area contributed by atoms with Gasteiger partial charge in [-0.05, 0) is 41.9 Å². The highest BCUT2D eigenvalue weighted by Crippen LogP contribution is 2.33. The molecule has 0 unspecified atom stereocenters. The van der Waals surface area contributed by atoms with Gasteiger partial charge in [0, 0.05) is 0 Å².